The Labute approximate surface area is 182 Å². The van der Waals surface area contributed by atoms with Crippen molar-refractivity contribution >= 4 is 43.9 Å². The number of aromatic nitrogens is 2. The summed E-state index contributed by atoms with van der Waals surface area (Å²) in [6.45, 7) is 0. The minimum Gasteiger partial charge on any atom is -0.455 e. The Kier molecular flexibility index (Phi) is 3.52. The van der Waals surface area contributed by atoms with Crippen molar-refractivity contribution in [1.82, 2.24) is 9.97 Å². The van der Waals surface area contributed by atoms with Gasteiger partial charge in [0.05, 0.1) is 5.69 Å². The van der Waals surface area contributed by atoms with Crippen LogP contribution in [-0.2, 0) is 0 Å². The van der Waals surface area contributed by atoms with Crippen LogP contribution >= 0.6 is 0 Å². The maximum absolute atomic E-state index is 6.52. The standard InChI is InChI=1S/C28H16N2O2/c1-2-13-24-17(7-1)20-14-16-30-25(28(20)31-24)22-11-6-9-19-18-8-5-10-21(26(18)32-27(19)22)23-12-3-4-15-29-23/h1-16H. The Balaban J connectivity index is 1.56. The predicted octanol–water partition coefficient (Wildman–Crippen LogP) is 7.61. The van der Waals surface area contributed by atoms with E-state index in [0.717, 1.165) is 66.4 Å². The molecule has 32 heavy (non-hydrogen) atoms. The average molecular weight is 412 g/mol. The fraction of sp³-hybridized carbons (Fsp3) is 0. The van der Waals surface area contributed by atoms with E-state index in [0.29, 0.717) is 0 Å². The Morgan fingerprint density at radius 3 is 2.03 bits per heavy atom. The number of para-hydroxylation sites is 3. The van der Waals surface area contributed by atoms with Crippen molar-refractivity contribution in [2.24, 2.45) is 0 Å². The van der Waals surface area contributed by atoms with Gasteiger partial charge < -0.3 is 8.83 Å². The molecule has 0 radical (unpaired) electrons. The molecule has 0 bridgehead atoms. The highest BCUT2D eigenvalue weighted by atomic mass is 16.3. The van der Waals surface area contributed by atoms with Gasteiger partial charge in [-0.3, -0.25) is 9.97 Å². The predicted molar refractivity (Wildman–Crippen MR) is 127 cm³/mol. The summed E-state index contributed by atoms with van der Waals surface area (Å²) in [7, 11) is 0. The maximum atomic E-state index is 6.52. The molecule has 4 aromatic heterocycles. The second-order valence-electron chi connectivity index (χ2n) is 7.82. The summed E-state index contributed by atoms with van der Waals surface area (Å²) in [6.07, 6.45) is 3.63. The normalized spacial score (nSPS) is 11.8. The van der Waals surface area contributed by atoms with Crippen LogP contribution in [-0.4, -0.2) is 9.97 Å². The molecular weight excluding hydrogens is 396 g/mol. The molecule has 7 rings (SSSR count). The Morgan fingerprint density at radius 2 is 1.19 bits per heavy atom. The molecule has 4 nitrogen and oxygen atoms in total. The fourth-order valence-corrected chi connectivity index (χ4v) is 4.57. The Bertz CT molecular complexity index is 1780. The lowest BCUT2D eigenvalue weighted by molar-refractivity contribution is 0.664. The number of pyridine rings is 2. The van der Waals surface area contributed by atoms with Crippen molar-refractivity contribution in [3.8, 4) is 22.5 Å². The first-order valence-electron chi connectivity index (χ1n) is 10.5. The summed E-state index contributed by atoms with van der Waals surface area (Å²) < 4.78 is 12.8. The summed E-state index contributed by atoms with van der Waals surface area (Å²) in [4.78, 5) is 9.23. The van der Waals surface area contributed by atoms with E-state index in [9.17, 15) is 0 Å². The number of benzene rings is 3. The summed E-state index contributed by atoms with van der Waals surface area (Å²) in [5.74, 6) is 0. The van der Waals surface area contributed by atoms with Crippen LogP contribution in [0.2, 0.25) is 0 Å². The maximum Gasteiger partial charge on any atom is 0.161 e. The van der Waals surface area contributed by atoms with Crippen LogP contribution in [0.15, 0.2) is 106 Å². The van der Waals surface area contributed by atoms with Crippen molar-refractivity contribution in [2.45, 2.75) is 0 Å². The van der Waals surface area contributed by atoms with Gasteiger partial charge in [0.2, 0.25) is 0 Å². The van der Waals surface area contributed by atoms with E-state index in [-0.39, 0.29) is 0 Å². The first kappa shape index (κ1) is 17.3. The van der Waals surface area contributed by atoms with Crippen LogP contribution in [0.4, 0.5) is 0 Å². The molecule has 0 atom stereocenters. The summed E-state index contributed by atoms with van der Waals surface area (Å²) in [5, 5.41) is 4.24. The first-order valence-corrected chi connectivity index (χ1v) is 10.5. The van der Waals surface area contributed by atoms with Gasteiger partial charge in [0, 0.05) is 45.1 Å². The molecule has 3 aromatic carbocycles. The average Bonchev–Trinajstić information content (AvgIpc) is 3.43. The molecule has 0 saturated heterocycles. The highest BCUT2D eigenvalue weighted by molar-refractivity contribution is 6.15. The lowest BCUT2D eigenvalue weighted by atomic mass is 10.0. The zero-order valence-electron chi connectivity index (χ0n) is 16.9. The zero-order chi connectivity index (χ0) is 21.1. The molecule has 0 saturated carbocycles. The van der Waals surface area contributed by atoms with Crippen LogP contribution in [0.5, 0.6) is 0 Å². The summed E-state index contributed by atoms with van der Waals surface area (Å²) in [5.41, 5.74) is 6.80. The zero-order valence-corrected chi connectivity index (χ0v) is 16.9. The number of fused-ring (bicyclic) bond motifs is 6. The smallest absolute Gasteiger partial charge is 0.161 e. The van der Waals surface area contributed by atoms with Crippen LogP contribution in [0.3, 0.4) is 0 Å². The van der Waals surface area contributed by atoms with Crippen molar-refractivity contribution < 1.29 is 8.83 Å². The third-order valence-corrected chi connectivity index (χ3v) is 6.01. The van der Waals surface area contributed by atoms with E-state index < -0.39 is 0 Å². The van der Waals surface area contributed by atoms with E-state index in [4.69, 9.17) is 13.8 Å². The van der Waals surface area contributed by atoms with Crippen molar-refractivity contribution in [1.29, 1.82) is 0 Å². The minimum absolute atomic E-state index is 0.770. The quantitative estimate of drug-likeness (QED) is 0.293. The molecule has 0 spiro atoms. The molecule has 0 fully saturated rings. The highest BCUT2D eigenvalue weighted by Crippen LogP contribution is 2.41. The van der Waals surface area contributed by atoms with Gasteiger partial charge in [-0.25, -0.2) is 0 Å². The Morgan fingerprint density at radius 1 is 0.469 bits per heavy atom. The second-order valence-corrected chi connectivity index (χ2v) is 7.82. The second kappa shape index (κ2) is 6.53. The molecule has 0 aliphatic carbocycles. The molecule has 0 amide bonds. The van der Waals surface area contributed by atoms with Gasteiger partial charge in [0.1, 0.15) is 22.4 Å². The van der Waals surface area contributed by atoms with E-state index in [2.05, 4.69) is 23.2 Å². The van der Waals surface area contributed by atoms with E-state index in [1.165, 1.54) is 0 Å². The van der Waals surface area contributed by atoms with Gasteiger partial charge in [-0.1, -0.05) is 48.5 Å². The van der Waals surface area contributed by atoms with Crippen LogP contribution in [0, 0.1) is 0 Å². The van der Waals surface area contributed by atoms with Gasteiger partial charge in [-0.2, -0.15) is 0 Å². The molecule has 7 aromatic rings. The molecule has 0 aliphatic heterocycles. The summed E-state index contributed by atoms with van der Waals surface area (Å²) in [6, 6.07) is 28.3. The highest BCUT2D eigenvalue weighted by Gasteiger charge is 2.19. The van der Waals surface area contributed by atoms with Gasteiger partial charge in [0.15, 0.2) is 5.58 Å². The van der Waals surface area contributed by atoms with Gasteiger partial charge in [-0.15, -0.1) is 0 Å². The molecule has 0 unspecified atom stereocenters. The van der Waals surface area contributed by atoms with Gasteiger partial charge in [-0.05, 0) is 36.4 Å². The topological polar surface area (TPSA) is 52.1 Å². The molecule has 0 aliphatic rings. The number of hydrogen-bond donors (Lipinski definition) is 0. The molecule has 0 N–H and O–H groups in total. The third-order valence-electron chi connectivity index (χ3n) is 6.01. The lowest BCUT2D eigenvalue weighted by Crippen LogP contribution is -1.84. The first-order chi connectivity index (χ1) is 15.9. The molecule has 150 valence electrons. The van der Waals surface area contributed by atoms with Crippen molar-refractivity contribution in [3.63, 3.8) is 0 Å². The Hall–Kier alpha value is -4.44. The lowest BCUT2D eigenvalue weighted by Gasteiger charge is -2.02. The fourth-order valence-electron chi connectivity index (χ4n) is 4.57. The largest absolute Gasteiger partial charge is 0.455 e. The number of furan rings is 2. The van der Waals surface area contributed by atoms with Gasteiger partial charge >= 0.3 is 0 Å². The summed E-state index contributed by atoms with van der Waals surface area (Å²) >= 11 is 0. The molecule has 4 heteroatoms. The van der Waals surface area contributed by atoms with Crippen LogP contribution < -0.4 is 0 Å². The minimum atomic E-state index is 0.770. The van der Waals surface area contributed by atoms with Crippen molar-refractivity contribution in [3.05, 3.63) is 97.3 Å². The van der Waals surface area contributed by atoms with Crippen LogP contribution in [0.25, 0.3) is 66.4 Å². The molecule has 4 heterocycles. The number of hydrogen-bond acceptors (Lipinski definition) is 4. The third kappa shape index (κ3) is 2.38. The van der Waals surface area contributed by atoms with E-state index in [1.807, 2.05) is 72.9 Å². The van der Waals surface area contributed by atoms with Crippen molar-refractivity contribution in [2.75, 3.05) is 0 Å². The number of rotatable bonds is 2. The SMILES string of the molecule is c1ccc(-c2cccc3c2oc2c(-c4nccc5c4oc4ccccc45)cccc23)nc1. The molecular formula is C28H16N2O2. The number of nitrogens with zero attached hydrogens (tertiary/aromatic N) is 2. The van der Waals surface area contributed by atoms with E-state index in [1.54, 1.807) is 6.20 Å². The van der Waals surface area contributed by atoms with E-state index >= 15 is 0 Å². The van der Waals surface area contributed by atoms with Crippen LogP contribution in [0.1, 0.15) is 0 Å². The van der Waals surface area contributed by atoms with Gasteiger partial charge in [0.25, 0.3) is 0 Å². The monoisotopic (exact) mass is 412 g/mol.